The number of halogens is 1. The van der Waals surface area contributed by atoms with E-state index in [1.165, 1.54) is 31.5 Å². The Morgan fingerprint density at radius 1 is 1.11 bits per heavy atom. The van der Waals surface area contributed by atoms with Crippen LogP contribution in [0, 0.1) is 0 Å². The van der Waals surface area contributed by atoms with Crippen molar-refractivity contribution in [2.24, 2.45) is 0 Å². The van der Waals surface area contributed by atoms with Crippen LogP contribution in [0.3, 0.4) is 0 Å². The number of hydrogen-bond donors (Lipinski definition) is 1. The van der Waals surface area contributed by atoms with Gasteiger partial charge in [-0.1, -0.05) is 23.7 Å². The van der Waals surface area contributed by atoms with Crippen molar-refractivity contribution in [3.05, 3.63) is 77.1 Å². The summed E-state index contributed by atoms with van der Waals surface area (Å²) in [5, 5.41) is 7.53. The molecule has 2 aromatic carbocycles. The molecule has 1 saturated heterocycles. The number of anilines is 1. The number of hydrogen-bond acceptors (Lipinski definition) is 3. The molecule has 0 bridgehead atoms. The smallest absolute Gasteiger partial charge is 0.257 e. The molecule has 0 saturated carbocycles. The van der Waals surface area contributed by atoms with Gasteiger partial charge in [0.1, 0.15) is 0 Å². The predicted octanol–water partition coefficient (Wildman–Crippen LogP) is 4.37. The van der Waals surface area contributed by atoms with Gasteiger partial charge in [-0.15, -0.1) is 0 Å². The zero-order chi connectivity index (χ0) is 18.6. The quantitative estimate of drug-likeness (QED) is 0.714. The van der Waals surface area contributed by atoms with E-state index in [2.05, 4.69) is 27.4 Å². The molecule has 1 aliphatic rings. The summed E-state index contributed by atoms with van der Waals surface area (Å²) >= 11 is 6.24. The van der Waals surface area contributed by atoms with Gasteiger partial charge in [0.25, 0.3) is 5.91 Å². The van der Waals surface area contributed by atoms with E-state index in [0.717, 1.165) is 17.9 Å². The highest BCUT2D eigenvalue weighted by Gasteiger charge is 2.14. The highest BCUT2D eigenvalue weighted by Crippen LogP contribution is 2.22. The van der Waals surface area contributed by atoms with Crippen LogP contribution < -0.4 is 5.32 Å². The number of amides is 1. The fourth-order valence-corrected chi connectivity index (χ4v) is 3.55. The standard InChI is InChI=1S/C21H21ClN4O/c22-20-9-8-18(26-13-3-10-23-26)14-19(20)21(27)24-17-6-4-16(5-7-17)15-25-11-1-2-12-25/h3-10,13-14H,1-2,11-12,15H2,(H,24,27). The highest BCUT2D eigenvalue weighted by atomic mass is 35.5. The van der Waals surface area contributed by atoms with Crippen LogP contribution in [0.1, 0.15) is 28.8 Å². The van der Waals surface area contributed by atoms with Crippen LogP contribution in [-0.2, 0) is 6.54 Å². The van der Waals surface area contributed by atoms with E-state index >= 15 is 0 Å². The predicted molar refractivity (Wildman–Crippen MR) is 107 cm³/mol. The summed E-state index contributed by atoms with van der Waals surface area (Å²) in [7, 11) is 0. The molecule has 0 spiro atoms. The molecular weight excluding hydrogens is 360 g/mol. The first-order valence-electron chi connectivity index (χ1n) is 9.11. The fraction of sp³-hybridized carbons (Fsp3) is 0.238. The van der Waals surface area contributed by atoms with Gasteiger partial charge in [0.15, 0.2) is 0 Å². The van der Waals surface area contributed by atoms with Gasteiger partial charge in [0.05, 0.1) is 16.3 Å². The summed E-state index contributed by atoms with van der Waals surface area (Å²) in [5.41, 5.74) is 3.22. The molecular formula is C21H21ClN4O. The molecule has 6 heteroatoms. The fourth-order valence-electron chi connectivity index (χ4n) is 3.34. The molecule has 138 valence electrons. The molecule has 4 rings (SSSR count). The summed E-state index contributed by atoms with van der Waals surface area (Å²) in [4.78, 5) is 15.1. The number of nitrogens with zero attached hydrogens (tertiary/aromatic N) is 3. The molecule has 1 aliphatic heterocycles. The Kier molecular flexibility index (Phi) is 5.23. The highest BCUT2D eigenvalue weighted by molar-refractivity contribution is 6.34. The van der Waals surface area contributed by atoms with Gasteiger partial charge in [-0.2, -0.15) is 5.10 Å². The molecule has 0 unspecified atom stereocenters. The summed E-state index contributed by atoms with van der Waals surface area (Å²) in [6, 6.07) is 15.1. The van der Waals surface area contributed by atoms with E-state index in [1.807, 2.05) is 30.5 Å². The molecule has 5 nitrogen and oxygen atoms in total. The van der Waals surface area contributed by atoms with E-state index in [1.54, 1.807) is 23.0 Å². The lowest BCUT2D eigenvalue weighted by molar-refractivity contribution is 0.102. The molecule has 3 aromatic rings. The second kappa shape index (κ2) is 7.94. The van der Waals surface area contributed by atoms with Crippen molar-refractivity contribution in [3.63, 3.8) is 0 Å². The van der Waals surface area contributed by atoms with E-state index < -0.39 is 0 Å². The number of rotatable bonds is 5. The molecule has 27 heavy (non-hydrogen) atoms. The first kappa shape index (κ1) is 17.8. The topological polar surface area (TPSA) is 50.2 Å². The maximum atomic E-state index is 12.7. The molecule has 1 fully saturated rings. The monoisotopic (exact) mass is 380 g/mol. The van der Waals surface area contributed by atoms with Gasteiger partial charge < -0.3 is 5.32 Å². The van der Waals surface area contributed by atoms with Crippen molar-refractivity contribution < 1.29 is 4.79 Å². The van der Waals surface area contributed by atoms with Crippen molar-refractivity contribution in [1.29, 1.82) is 0 Å². The van der Waals surface area contributed by atoms with Crippen molar-refractivity contribution in [1.82, 2.24) is 14.7 Å². The minimum atomic E-state index is -0.235. The Labute approximate surface area is 163 Å². The lowest BCUT2D eigenvalue weighted by Gasteiger charge is -2.15. The number of carbonyl (C=O) groups is 1. The summed E-state index contributed by atoms with van der Waals surface area (Å²) < 4.78 is 1.69. The van der Waals surface area contributed by atoms with Crippen molar-refractivity contribution in [2.45, 2.75) is 19.4 Å². The second-order valence-electron chi connectivity index (χ2n) is 6.75. The summed E-state index contributed by atoms with van der Waals surface area (Å²) in [5.74, 6) is -0.235. The molecule has 1 amide bonds. The lowest BCUT2D eigenvalue weighted by Crippen LogP contribution is -2.18. The van der Waals surface area contributed by atoms with Gasteiger partial charge in [-0.3, -0.25) is 9.69 Å². The van der Waals surface area contributed by atoms with E-state index in [4.69, 9.17) is 11.6 Å². The van der Waals surface area contributed by atoms with Crippen LogP contribution >= 0.6 is 11.6 Å². The molecule has 0 aliphatic carbocycles. The lowest BCUT2D eigenvalue weighted by atomic mass is 10.1. The number of benzene rings is 2. The second-order valence-corrected chi connectivity index (χ2v) is 7.16. The molecule has 1 N–H and O–H groups in total. The van der Waals surface area contributed by atoms with Crippen LogP contribution in [0.25, 0.3) is 5.69 Å². The average molecular weight is 381 g/mol. The Morgan fingerprint density at radius 2 is 1.89 bits per heavy atom. The first-order valence-corrected chi connectivity index (χ1v) is 9.49. The number of carbonyl (C=O) groups excluding carboxylic acids is 1. The first-order chi connectivity index (χ1) is 13.2. The maximum Gasteiger partial charge on any atom is 0.257 e. The average Bonchev–Trinajstić information content (AvgIpc) is 3.38. The molecule has 0 atom stereocenters. The zero-order valence-corrected chi connectivity index (χ0v) is 15.7. The van der Waals surface area contributed by atoms with Gasteiger partial charge in [-0.05, 0) is 67.9 Å². The molecule has 1 aromatic heterocycles. The minimum absolute atomic E-state index is 0.235. The van der Waals surface area contributed by atoms with Crippen molar-refractivity contribution >= 4 is 23.2 Å². The third-order valence-corrected chi connectivity index (χ3v) is 5.11. The van der Waals surface area contributed by atoms with Gasteiger partial charge in [0.2, 0.25) is 0 Å². The number of nitrogens with one attached hydrogen (secondary N) is 1. The van der Waals surface area contributed by atoms with E-state index in [0.29, 0.717) is 10.6 Å². The molecule has 0 radical (unpaired) electrons. The molecule has 2 heterocycles. The normalized spacial score (nSPS) is 14.4. The number of aromatic nitrogens is 2. The Morgan fingerprint density at radius 3 is 2.59 bits per heavy atom. The minimum Gasteiger partial charge on any atom is -0.322 e. The van der Waals surface area contributed by atoms with Gasteiger partial charge in [0, 0.05) is 24.6 Å². The van der Waals surface area contributed by atoms with Gasteiger partial charge in [-0.25, -0.2) is 4.68 Å². The van der Waals surface area contributed by atoms with Crippen LogP contribution in [-0.4, -0.2) is 33.7 Å². The van der Waals surface area contributed by atoms with Crippen LogP contribution in [0.2, 0.25) is 5.02 Å². The Balaban J connectivity index is 1.46. The van der Waals surface area contributed by atoms with E-state index in [9.17, 15) is 4.79 Å². The van der Waals surface area contributed by atoms with Crippen molar-refractivity contribution in [3.8, 4) is 5.69 Å². The third kappa shape index (κ3) is 4.21. The Hall–Kier alpha value is -2.63. The third-order valence-electron chi connectivity index (χ3n) is 4.78. The number of likely N-dealkylation sites (tertiary alicyclic amines) is 1. The van der Waals surface area contributed by atoms with Gasteiger partial charge >= 0.3 is 0 Å². The van der Waals surface area contributed by atoms with Crippen LogP contribution in [0.5, 0.6) is 0 Å². The summed E-state index contributed by atoms with van der Waals surface area (Å²) in [6.45, 7) is 3.30. The van der Waals surface area contributed by atoms with Crippen LogP contribution in [0.15, 0.2) is 60.9 Å². The largest absolute Gasteiger partial charge is 0.322 e. The summed E-state index contributed by atoms with van der Waals surface area (Å²) in [6.07, 6.45) is 6.08. The maximum absolute atomic E-state index is 12.7. The van der Waals surface area contributed by atoms with Crippen molar-refractivity contribution in [2.75, 3.05) is 18.4 Å². The Bertz CT molecular complexity index is 916. The van der Waals surface area contributed by atoms with E-state index in [-0.39, 0.29) is 5.91 Å². The van der Waals surface area contributed by atoms with Crippen LogP contribution in [0.4, 0.5) is 5.69 Å². The zero-order valence-electron chi connectivity index (χ0n) is 14.9. The SMILES string of the molecule is O=C(Nc1ccc(CN2CCCC2)cc1)c1cc(-n2cccn2)ccc1Cl.